The van der Waals surface area contributed by atoms with Gasteiger partial charge in [0.15, 0.2) is 6.10 Å². The molecule has 0 aliphatic carbocycles. The number of amides is 1. The summed E-state index contributed by atoms with van der Waals surface area (Å²) in [6.45, 7) is 3.74. The topological polar surface area (TPSA) is 64.6 Å². The molecule has 24 heavy (non-hydrogen) atoms. The zero-order valence-corrected chi connectivity index (χ0v) is 15.0. The number of esters is 1. The van der Waals surface area contributed by atoms with Gasteiger partial charge >= 0.3 is 5.97 Å². The van der Waals surface area contributed by atoms with E-state index in [0.717, 1.165) is 4.47 Å². The molecule has 0 spiro atoms. The van der Waals surface area contributed by atoms with E-state index in [-0.39, 0.29) is 11.9 Å². The molecule has 0 heterocycles. The molecule has 2 aromatic rings. The molecule has 1 N–H and O–H groups in total. The van der Waals surface area contributed by atoms with Crippen LogP contribution in [0.1, 0.15) is 24.2 Å². The van der Waals surface area contributed by atoms with E-state index < -0.39 is 6.10 Å². The third-order valence-corrected chi connectivity index (χ3v) is 3.69. The predicted molar refractivity (Wildman–Crippen MR) is 95.3 cm³/mol. The molecule has 0 radical (unpaired) electrons. The minimum atomic E-state index is -0.657. The highest BCUT2D eigenvalue weighted by Gasteiger charge is 2.15. The van der Waals surface area contributed by atoms with E-state index >= 15 is 0 Å². The number of hydrogen-bond donors (Lipinski definition) is 1. The van der Waals surface area contributed by atoms with Crippen molar-refractivity contribution in [2.75, 3.05) is 11.9 Å². The van der Waals surface area contributed by atoms with Crippen molar-refractivity contribution in [1.29, 1.82) is 0 Å². The summed E-state index contributed by atoms with van der Waals surface area (Å²) < 4.78 is 11.4. The molecule has 2 aromatic carbocycles. The molecule has 126 valence electrons. The molecule has 0 saturated carbocycles. The fraction of sp³-hybridized carbons (Fsp3) is 0.222. The van der Waals surface area contributed by atoms with Gasteiger partial charge in [-0.2, -0.15) is 0 Å². The lowest BCUT2D eigenvalue weighted by Gasteiger charge is -2.15. The van der Waals surface area contributed by atoms with E-state index in [4.69, 9.17) is 9.47 Å². The first-order valence-corrected chi connectivity index (χ1v) is 8.29. The number of anilines is 1. The highest BCUT2D eigenvalue weighted by atomic mass is 79.9. The normalized spacial score (nSPS) is 11.5. The van der Waals surface area contributed by atoms with Crippen LogP contribution in [0.25, 0.3) is 0 Å². The second-order valence-corrected chi connectivity index (χ2v) is 5.92. The minimum absolute atomic E-state index is 0.276. The van der Waals surface area contributed by atoms with Gasteiger partial charge in [0.05, 0.1) is 12.2 Å². The van der Waals surface area contributed by atoms with Crippen LogP contribution in [0.15, 0.2) is 53.0 Å². The van der Waals surface area contributed by atoms with Crippen LogP contribution < -0.4 is 10.1 Å². The Labute approximate surface area is 149 Å². The molecule has 1 atom stereocenters. The molecule has 0 aliphatic heterocycles. The van der Waals surface area contributed by atoms with Crippen LogP contribution in [0, 0.1) is 0 Å². The van der Waals surface area contributed by atoms with Gasteiger partial charge in [0.2, 0.25) is 0 Å². The second kappa shape index (κ2) is 8.49. The molecule has 2 rings (SSSR count). The fourth-order valence-corrected chi connectivity index (χ4v) is 2.18. The Bertz CT molecular complexity index is 698. The summed E-state index contributed by atoms with van der Waals surface area (Å²) in [6.07, 6.45) is -0.657. The van der Waals surface area contributed by atoms with Crippen LogP contribution in [0.3, 0.4) is 0 Å². The molecular weight excluding hydrogens is 374 g/mol. The minimum Gasteiger partial charge on any atom is -0.481 e. The van der Waals surface area contributed by atoms with Crippen molar-refractivity contribution in [2.24, 2.45) is 0 Å². The number of rotatable bonds is 6. The molecule has 6 heteroatoms. The summed E-state index contributed by atoms with van der Waals surface area (Å²) in [5, 5.41) is 2.75. The number of ether oxygens (including phenoxy) is 2. The quantitative estimate of drug-likeness (QED) is 0.754. The highest BCUT2D eigenvalue weighted by Crippen LogP contribution is 2.18. The molecule has 0 fully saturated rings. The highest BCUT2D eigenvalue weighted by molar-refractivity contribution is 9.10. The van der Waals surface area contributed by atoms with Gasteiger partial charge in [0.25, 0.3) is 5.91 Å². The van der Waals surface area contributed by atoms with Crippen LogP contribution in [0.2, 0.25) is 0 Å². The van der Waals surface area contributed by atoms with E-state index in [1.807, 2.05) is 12.1 Å². The van der Waals surface area contributed by atoms with Crippen molar-refractivity contribution < 1.29 is 19.1 Å². The Morgan fingerprint density at radius 1 is 1.08 bits per heavy atom. The first kappa shape index (κ1) is 18.0. The summed E-state index contributed by atoms with van der Waals surface area (Å²) in [6, 6.07) is 13.8. The Morgan fingerprint density at radius 2 is 1.71 bits per heavy atom. The third kappa shape index (κ3) is 5.09. The lowest BCUT2D eigenvalue weighted by atomic mass is 10.2. The van der Waals surface area contributed by atoms with Gasteiger partial charge in [-0.25, -0.2) is 4.79 Å². The summed E-state index contributed by atoms with van der Waals surface area (Å²) in [4.78, 5) is 23.7. The summed E-state index contributed by atoms with van der Waals surface area (Å²) >= 11 is 3.34. The molecular formula is C18H18BrNO4. The predicted octanol–water partition coefficient (Wildman–Crippen LogP) is 4.03. The first-order valence-electron chi connectivity index (χ1n) is 7.50. The molecule has 0 aromatic heterocycles. The molecule has 0 bridgehead atoms. The van der Waals surface area contributed by atoms with Crippen molar-refractivity contribution in [3.8, 4) is 5.75 Å². The lowest BCUT2D eigenvalue weighted by molar-refractivity contribution is -0.122. The Hall–Kier alpha value is -2.34. The van der Waals surface area contributed by atoms with Crippen molar-refractivity contribution in [2.45, 2.75) is 20.0 Å². The average molecular weight is 392 g/mol. The fourth-order valence-electron chi connectivity index (χ4n) is 1.92. The van der Waals surface area contributed by atoms with Crippen molar-refractivity contribution in [3.05, 3.63) is 58.6 Å². The van der Waals surface area contributed by atoms with Gasteiger partial charge in [0, 0.05) is 10.2 Å². The zero-order valence-electron chi connectivity index (χ0n) is 13.4. The number of halogens is 1. The van der Waals surface area contributed by atoms with Crippen molar-refractivity contribution >= 4 is 33.5 Å². The number of carbonyl (C=O) groups excluding carboxylic acids is 2. The monoisotopic (exact) mass is 391 g/mol. The largest absolute Gasteiger partial charge is 0.481 e. The van der Waals surface area contributed by atoms with Crippen LogP contribution in [0.5, 0.6) is 5.75 Å². The molecule has 5 nitrogen and oxygen atoms in total. The van der Waals surface area contributed by atoms with E-state index in [1.165, 1.54) is 0 Å². The van der Waals surface area contributed by atoms with Crippen LogP contribution in [-0.2, 0) is 9.53 Å². The van der Waals surface area contributed by atoms with Gasteiger partial charge in [-0.15, -0.1) is 0 Å². The second-order valence-electron chi connectivity index (χ2n) is 5.00. The first-order chi connectivity index (χ1) is 11.5. The van der Waals surface area contributed by atoms with Gasteiger partial charge in [-0.1, -0.05) is 15.9 Å². The molecule has 1 amide bonds. The average Bonchev–Trinajstić information content (AvgIpc) is 2.57. The third-order valence-electron chi connectivity index (χ3n) is 3.16. The Morgan fingerprint density at radius 3 is 2.29 bits per heavy atom. The standard InChI is InChI=1S/C18H18BrNO4/c1-3-23-18(22)13-4-8-15(9-5-13)20-17(21)12(2)24-16-10-6-14(19)7-11-16/h4-12H,3H2,1-2H3,(H,20,21)/t12-/m0/s1. The Balaban J connectivity index is 1.93. The van der Waals surface area contributed by atoms with Gasteiger partial charge in [-0.05, 0) is 62.4 Å². The molecule has 0 aliphatic rings. The van der Waals surface area contributed by atoms with Crippen LogP contribution >= 0.6 is 15.9 Å². The molecule has 0 saturated heterocycles. The van der Waals surface area contributed by atoms with Gasteiger partial charge < -0.3 is 14.8 Å². The van der Waals surface area contributed by atoms with Gasteiger partial charge in [-0.3, -0.25) is 4.79 Å². The van der Waals surface area contributed by atoms with Crippen LogP contribution in [-0.4, -0.2) is 24.6 Å². The van der Waals surface area contributed by atoms with E-state index in [1.54, 1.807) is 50.2 Å². The summed E-state index contributed by atoms with van der Waals surface area (Å²) in [5.41, 5.74) is 1.02. The van der Waals surface area contributed by atoms with E-state index in [9.17, 15) is 9.59 Å². The van der Waals surface area contributed by atoms with E-state index in [2.05, 4.69) is 21.2 Å². The maximum atomic E-state index is 12.2. The van der Waals surface area contributed by atoms with Crippen molar-refractivity contribution in [1.82, 2.24) is 0 Å². The zero-order chi connectivity index (χ0) is 17.5. The summed E-state index contributed by atoms with van der Waals surface area (Å²) in [5.74, 6) is -0.0531. The van der Waals surface area contributed by atoms with Gasteiger partial charge in [0.1, 0.15) is 5.75 Å². The maximum absolute atomic E-state index is 12.2. The smallest absolute Gasteiger partial charge is 0.338 e. The van der Waals surface area contributed by atoms with Crippen molar-refractivity contribution in [3.63, 3.8) is 0 Å². The Kier molecular flexibility index (Phi) is 6.37. The number of carbonyl (C=O) groups is 2. The van der Waals surface area contributed by atoms with Crippen LogP contribution in [0.4, 0.5) is 5.69 Å². The molecule has 0 unspecified atom stereocenters. The van der Waals surface area contributed by atoms with E-state index in [0.29, 0.717) is 23.6 Å². The number of benzene rings is 2. The SMILES string of the molecule is CCOC(=O)c1ccc(NC(=O)[C@H](C)Oc2ccc(Br)cc2)cc1. The number of nitrogens with one attached hydrogen (secondary N) is 1. The lowest BCUT2D eigenvalue weighted by Crippen LogP contribution is -2.30. The summed E-state index contributed by atoms with van der Waals surface area (Å²) in [7, 11) is 0. The maximum Gasteiger partial charge on any atom is 0.338 e. The number of hydrogen-bond acceptors (Lipinski definition) is 4.